The van der Waals surface area contributed by atoms with Crippen molar-refractivity contribution in [1.82, 2.24) is 4.90 Å². The fourth-order valence-corrected chi connectivity index (χ4v) is 1.45. The zero-order valence-electron chi connectivity index (χ0n) is 9.98. The first-order valence-electron chi connectivity index (χ1n) is 5.58. The largest absolute Gasteiger partial charge is 0.384 e. The maximum Gasteiger partial charge on any atom is 0.104 e. The number of nitrogens with zero attached hydrogens (tertiary/aromatic N) is 1. The Bertz CT molecular complexity index is 348. The van der Waals surface area contributed by atoms with Crippen LogP contribution in [-0.2, 0) is 6.54 Å². The normalized spacial score (nSPS) is 10.3. The third-order valence-corrected chi connectivity index (χ3v) is 2.44. The SMILES string of the molecule is CC(C)N(CC#CCO)Cc1ccccc1. The van der Waals surface area contributed by atoms with Gasteiger partial charge in [0.2, 0.25) is 0 Å². The van der Waals surface area contributed by atoms with E-state index in [9.17, 15) is 0 Å². The van der Waals surface area contributed by atoms with Gasteiger partial charge in [0.1, 0.15) is 6.61 Å². The van der Waals surface area contributed by atoms with Crippen LogP contribution in [0.4, 0.5) is 0 Å². The summed E-state index contributed by atoms with van der Waals surface area (Å²) in [4.78, 5) is 2.28. The van der Waals surface area contributed by atoms with Crippen LogP contribution in [0.2, 0.25) is 0 Å². The Morgan fingerprint density at radius 3 is 2.44 bits per heavy atom. The second-order valence-corrected chi connectivity index (χ2v) is 4.00. The fraction of sp³-hybridized carbons (Fsp3) is 0.429. The van der Waals surface area contributed by atoms with Crippen LogP contribution in [0, 0.1) is 11.8 Å². The molecular formula is C14H19NO. The van der Waals surface area contributed by atoms with E-state index in [1.54, 1.807) is 0 Å². The van der Waals surface area contributed by atoms with E-state index in [-0.39, 0.29) is 6.61 Å². The molecule has 1 N–H and O–H groups in total. The maximum absolute atomic E-state index is 8.62. The van der Waals surface area contributed by atoms with Crippen molar-refractivity contribution in [2.24, 2.45) is 0 Å². The highest BCUT2D eigenvalue weighted by Gasteiger charge is 2.07. The van der Waals surface area contributed by atoms with Gasteiger partial charge < -0.3 is 5.11 Å². The number of hydrogen-bond acceptors (Lipinski definition) is 2. The Morgan fingerprint density at radius 2 is 1.88 bits per heavy atom. The minimum atomic E-state index is -0.0583. The third kappa shape index (κ3) is 4.48. The first-order chi connectivity index (χ1) is 7.74. The molecule has 1 aromatic carbocycles. The van der Waals surface area contributed by atoms with Crippen molar-refractivity contribution in [3.8, 4) is 11.8 Å². The molecule has 0 atom stereocenters. The zero-order chi connectivity index (χ0) is 11.8. The molecule has 0 fully saturated rings. The van der Waals surface area contributed by atoms with Crippen molar-refractivity contribution in [3.63, 3.8) is 0 Å². The van der Waals surface area contributed by atoms with Gasteiger partial charge in [0.25, 0.3) is 0 Å². The van der Waals surface area contributed by atoms with Gasteiger partial charge in [0.15, 0.2) is 0 Å². The molecule has 2 heteroatoms. The highest BCUT2D eigenvalue weighted by molar-refractivity contribution is 5.15. The lowest BCUT2D eigenvalue weighted by Crippen LogP contribution is -2.30. The van der Waals surface area contributed by atoms with E-state index >= 15 is 0 Å². The first-order valence-corrected chi connectivity index (χ1v) is 5.58. The summed E-state index contributed by atoms with van der Waals surface area (Å²) >= 11 is 0. The molecule has 0 bridgehead atoms. The van der Waals surface area contributed by atoms with E-state index in [4.69, 9.17) is 5.11 Å². The van der Waals surface area contributed by atoms with Gasteiger partial charge in [-0.25, -0.2) is 0 Å². The van der Waals surface area contributed by atoms with E-state index < -0.39 is 0 Å². The second-order valence-electron chi connectivity index (χ2n) is 4.00. The van der Waals surface area contributed by atoms with Crippen LogP contribution in [-0.4, -0.2) is 29.2 Å². The van der Waals surface area contributed by atoms with Gasteiger partial charge in [-0.05, 0) is 19.4 Å². The van der Waals surface area contributed by atoms with Crippen molar-refractivity contribution in [2.75, 3.05) is 13.2 Å². The van der Waals surface area contributed by atoms with E-state index in [2.05, 4.69) is 42.7 Å². The minimum absolute atomic E-state index is 0.0583. The van der Waals surface area contributed by atoms with E-state index in [1.165, 1.54) is 5.56 Å². The summed E-state index contributed by atoms with van der Waals surface area (Å²) in [6.07, 6.45) is 0. The van der Waals surface area contributed by atoms with Crippen molar-refractivity contribution < 1.29 is 5.11 Å². The molecule has 1 aromatic rings. The first kappa shape index (κ1) is 12.8. The maximum atomic E-state index is 8.62. The summed E-state index contributed by atoms with van der Waals surface area (Å²) in [6.45, 7) is 5.86. The number of aliphatic hydroxyl groups excluding tert-OH is 1. The van der Waals surface area contributed by atoms with Crippen LogP contribution in [0.25, 0.3) is 0 Å². The van der Waals surface area contributed by atoms with Crippen molar-refractivity contribution in [1.29, 1.82) is 0 Å². The molecule has 0 saturated heterocycles. The molecule has 0 amide bonds. The summed E-state index contributed by atoms with van der Waals surface area (Å²) in [5.74, 6) is 5.65. The number of benzene rings is 1. The summed E-state index contributed by atoms with van der Waals surface area (Å²) in [5.41, 5.74) is 1.29. The smallest absolute Gasteiger partial charge is 0.104 e. The number of aliphatic hydroxyl groups is 1. The molecule has 0 heterocycles. The second kappa shape index (κ2) is 7.05. The van der Waals surface area contributed by atoms with Crippen LogP contribution in [0.15, 0.2) is 30.3 Å². The average Bonchev–Trinajstić information content (AvgIpc) is 2.29. The van der Waals surface area contributed by atoms with Gasteiger partial charge in [-0.3, -0.25) is 4.90 Å². The Kier molecular flexibility index (Phi) is 5.63. The van der Waals surface area contributed by atoms with E-state index in [0.717, 1.165) is 6.54 Å². The lowest BCUT2D eigenvalue weighted by Gasteiger charge is -2.24. The molecule has 0 radical (unpaired) electrons. The Balaban J connectivity index is 2.58. The molecule has 1 rings (SSSR count). The third-order valence-electron chi connectivity index (χ3n) is 2.44. The van der Waals surface area contributed by atoms with Gasteiger partial charge >= 0.3 is 0 Å². The van der Waals surface area contributed by atoms with E-state index in [1.807, 2.05) is 18.2 Å². The summed E-state index contributed by atoms with van der Waals surface area (Å²) in [6, 6.07) is 10.8. The van der Waals surface area contributed by atoms with Crippen LogP contribution in [0.3, 0.4) is 0 Å². The fourth-order valence-electron chi connectivity index (χ4n) is 1.45. The van der Waals surface area contributed by atoms with Gasteiger partial charge in [0.05, 0.1) is 6.54 Å². The molecule has 0 saturated carbocycles. The quantitative estimate of drug-likeness (QED) is 0.779. The molecule has 0 aromatic heterocycles. The van der Waals surface area contributed by atoms with Crippen molar-refractivity contribution in [3.05, 3.63) is 35.9 Å². The summed E-state index contributed by atoms with van der Waals surface area (Å²) in [7, 11) is 0. The summed E-state index contributed by atoms with van der Waals surface area (Å²) in [5, 5.41) is 8.62. The molecule has 0 aliphatic rings. The van der Waals surface area contributed by atoms with Crippen LogP contribution in [0.5, 0.6) is 0 Å². The molecular weight excluding hydrogens is 198 g/mol. The standard InChI is InChI=1S/C14H19NO/c1-13(2)15(10-6-7-11-16)12-14-8-4-3-5-9-14/h3-5,8-9,13,16H,10-12H2,1-2H3. The number of hydrogen-bond donors (Lipinski definition) is 1. The highest BCUT2D eigenvalue weighted by Crippen LogP contribution is 2.07. The predicted octanol–water partition coefficient (Wildman–Crippen LogP) is 1.89. The van der Waals surface area contributed by atoms with Gasteiger partial charge in [-0.15, -0.1) is 0 Å². The predicted molar refractivity (Wildman–Crippen MR) is 66.8 cm³/mol. The van der Waals surface area contributed by atoms with Crippen molar-refractivity contribution >= 4 is 0 Å². The molecule has 0 aliphatic heterocycles. The van der Waals surface area contributed by atoms with Gasteiger partial charge in [-0.2, -0.15) is 0 Å². The number of rotatable bonds is 4. The molecule has 0 unspecified atom stereocenters. The Morgan fingerprint density at radius 1 is 1.19 bits per heavy atom. The topological polar surface area (TPSA) is 23.5 Å². The lowest BCUT2D eigenvalue weighted by atomic mass is 10.2. The molecule has 0 spiro atoms. The molecule has 2 nitrogen and oxygen atoms in total. The van der Waals surface area contributed by atoms with Crippen LogP contribution >= 0.6 is 0 Å². The Hall–Kier alpha value is -1.30. The molecule has 0 aliphatic carbocycles. The van der Waals surface area contributed by atoms with Gasteiger partial charge in [0, 0.05) is 12.6 Å². The monoisotopic (exact) mass is 217 g/mol. The molecule has 16 heavy (non-hydrogen) atoms. The summed E-state index contributed by atoms with van der Waals surface area (Å²) < 4.78 is 0. The van der Waals surface area contributed by atoms with E-state index in [0.29, 0.717) is 12.6 Å². The zero-order valence-corrected chi connectivity index (χ0v) is 9.98. The highest BCUT2D eigenvalue weighted by atomic mass is 16.2. The lowest BCUT2D eigenvalue weighted by molar-refractivity contribution is 0.241. The van der Waals surface area contributed by atoms with Crippen molar-refractivity contribution in [2.45, 2.75) is 26.4 Å². The van der Waals surface area contributed by atoms with Crippen LogP contribution in [0.1, 0.15) is 19.4 Å². The minimum Gasteiger partial charge on any atom is -0.384 e. The average molecular weight is 217 g/mol. The van der Waals surface area contributed by atoms with Crippen LogP contribution < -0.4 is 0 Å². The molecule has 86 valence electrons. The van der Waals surface area contributed by atoms with Gasteiger partial charge in [-0.1, -0.05) is 42.2 Å². The Labute approximate surface area is 97.9 Å².